The molecule has 0 nitrogen and oxygen atoms in total. The first-order chi connectivity index (χ1) is 4.31. The van der Waals surface area contributed by atoms with E-state index in [-0.39, 0.29) is 0 Å². The van der Waals surface area contributed by atoms with Crippen LogP contribution in [0.5, 0.6) is 0 Å². The molecule has 0 saturated heterocycles. The summed E-state index contributed by atoms with van der Waals surface area (Å²) in [6.45, 7) is 2.45. The molecule has 0 heterocycles. The Bertz CT molecular complexity index is 202. The van der Waals surface area contributed by atoms with E-state index in [1.807, 2.05) is 0 Å². The van der Waals surface area contributed by atoms with E-state index in [9.17, 15) is 0 Å². The average molecular weight is 120 g/mol. The normalized spacial score (nSPS) is 59.4. The van der Waals surface area contributed by atoms with Crippen molar-refractivity contribution in [2.45, 2.75) is 26.2 Å². The molecule has 48 valence electrons. The smallest absolute Gasteiger partial charge is 0.00477 e. The van der Waals surface area contributed by atoms with Gasteiger partial charge in [-0.15, -0.1) is 0 Å². The lowest BCUT2D eigenvalue weighted by Crippen LogP contribution is -2.01. The van der Waals surface area contributed by atoms with E-state index < -0.39 is 0 Å². The molecule has 0 radical (unpaired) electrons. The first kappa shape index (κ1) is 4.54. The highest BCUT2D eigenvalue weighted by Crippen LogP contribution is 2.71. The molecular weight excluding hydrogens is 108 g/mol. The predicted molar refractivity (Wildman–Crippen MR) is 37.0 cm³/mol. The molecule has 0 aromatic rings. The summed E-state index contributed by atoms with van der Waals surface area (Å²) >= 11 is 0. The van der Waals surface area contributed by atoms with Crippen molar-refractivity contribution in [3.8, 4) is 0 Å². The topological polar surface area (TPSA) is 0 Å². The number of hydrogen-bond donors (Lipinski definition) is 0. The van der Waals surface area contributed by atoms with Gasteiger partial charge in [-0.1, -0.05) is 18.6 Å². The number of rotatable bonds is 0. The van der Waals surface area contributed by atoms with Gasteiger partial charge in [-0.05, 0) is 36.5 Å². The van der Waals surface area contributed by atoms with Gasteiger partial charge >= 0.3 is 0 Å². The van der Waals surface area contributed by atoms with Crippen LogP contribution in [-0.2, 0) is 0 Å². The Hall–Kier alpha value is -0.260. The van der Waals surface area contributed by atoms with Gasteiger partial charge in [0, 0.05) is 0 Å². The maximum atomic E-state index is 2.49. The summed E-state index contributed by atoms with van der Waals surface area (Å²) in [5.74, 6) is 2.23. The van der Waals surface area contributed by atoms with Crippen LogP contribution in [0.15, 0.2) is 11.6 Å². The highest BCUT2D eigenvalue weighted by molar-refractivity contribution is 5.38. The van der Waals surface area contributed by atoms with E-state index >= 15 is 0 Å². The number of fused-ring (bicyclic) bond motifs is 3. The van der Waals surface area contributed by atoms with Crippen LogP contribution in [0.4, 0.5) is 0 Å². The van der Waals surface area contributed by atoms with Crippen LogP contribution in [-0.4, -0.2) is 0 Å². The van der Waals surface area contributed by atoms with Crippen molar-refractivity contribution < 1.29 is 0 Å². The van der Waals surface area contributed by atoms with Crippen molar-refractivity contribution in [2.24, 2.45) is 17.3 Å². The fourth-order valence-corrected chi connectivity index (χ4v) is 2.61. The zero-order valence-electron chi connectivity index (χ0n) is 5.85. The zero-order valence-corrected chi connectivity index (χ0v) is 5.85. The monoisotopic (exact) mass is 120 g/mol. The van der Waals surface area contributed by atoms with E-state index in [1.165, 1.54) is 19.3 Å². The molecule has 3 aliphatic rings. The summed E-state index contributed by atoms with van der Waals surface area (Å²) in [5, 5.41) is 0. The molecule has 2 saturated carbocycles. The van der Waals surface area contributed by atoms with E-state index in [2.05, 4.69) is 13.0 Å². The van der Waals surface area contributed by atoms with Crippen LogP contribution < -0.4 is 0 Å². The molecule has 0 N–H and O–H groups in total. The van der Waals surface area contributed by atoms with Gasteiger partial charge in [0.2, 0.25) is 0 Å². The zero-order chi connectivity index (χ0) is 6.06. The van der Waals surface area contributed by atoms with Crippen molar-refractivity contribution in [1.29, 1.82) is 0 Å². The minimum Gasteiger partial charge on any atom is -0.0844 e. The van der Waals surface area contributed by atoms with E-state index in [1.54, 1.807) is 5.57 Å². The van der Waals surface area contributed by atoms with Crippen LogP contribution in [0.1, 0.15) is 26.2 Å². The third-order valence-electron chi connectivity index (χ3n) is 3.57. The van der Waals surface area contributed by atoms with Gasteiger partial charge in [-0.2, -0.15) is 0 Å². The molecule has 0 aliphatic heterocycles. The number of allylic oxidation sites excluding steroid dienone is 2. The van der Waals surface area contributed by atoms with E-state index in [4.69, 9.17) is 0 Å². The fraction of sp³-hybridized carbons (Fsp3) is 0.778. The minimum absolute atomic E-state index is 0.739. The summed E-state index contributed by atoms with van der Waals surface area (Å²) in [7, 11) is 0. The van der Waals surface area contributed by atoms with Gasteiger partial charge in [0.25, 0.3) is 0 Å². The second-order valence-electron chi connectivity index (χ2n) is 4.16. The molecule has 3 unspecified atom stereocenters. The quantitative estimate of drug-likeness (QED) is 0.430. The Kier molecular flexibility index (Phi) is 0.505. The Labute approximate surface area is 56.0 Å². The van der Waals surface area contributed by atoms with E-state index in [0.717, 1.165) is 17.3 Å². The summed E-state index contributed by atoms with van der Waals surface area (Å²) in [4.78, 5) is 0. The molecule has 0 bridgehead atoms. The first-order valence-corrected chi connectivity index (χ1v) is 4.00. The van der Waals surface area contributed by atoms with Crippen molar-refractivity contribution in [3.63, 3.8) is 0 Å². The maximum Gasteiger partial charge on any atom is -0.00477 e. The van der Waals surface area contributed by atoms with Crippen LogP contribution in [0.25, 0.3) is 0 Å². The van der Waals surface area contributed by atoms with Crippen molar-refractivity contribution >= 4 is 0 Å². The summed E-state index contributed by atoms with van der Waals surface area (Å²) < 4.78 is 0. The fourth-order valence-electron chi connectivity index (χ4n) is 2.61. The lowest BCUT2D eigenvalue weighted by molar-refractivity contribution is 0.467. The molecule has 0 heteroatoms. The second-order valence-corrected chi connectivity index (χ2v) is 4.16. The highest BCUT2D eigenvalue weighted by Gasteiger charge is 2.61. The third-order valence-corrected chi connectivity index (χ3v) is 3.57. The molecule has 0 spiro atoms. The second kappa shape index (κ2) is 1.00. The maximum absolute atomic E-state index is 2.49. The molecule has 3 rings (SSSR count). The van der Waals surface area contributed by atoms with Crippen LogP contribution in [0.2, 0.25) is 0 Å². The van der Waals surface area contributed by atoms with Gasteiger partial charge < -0.3 is 0 Å². The van der Waals surface area contributed by atoms with Crippen molar-refractivity contribution in [2.75, 3.05) is 0 Å². The van der Waals surface area contributed by atoms with Gasteiger partial charge in [0.15, 0.2) is 0 Å². The van der Waals surface area contributed by atoms with Gasteiger partial charge in [0.1, 0.15) is 0 Å². The summed E-state index contributed by atoms with van der Waals surface area (Å²) in [6, 6.07) is 0. The Morgan fingerprint density at radius 1 is 1.67 bits per heavy atom. The standard InChI is InChI=1S/C9H12/c1-9-5-7(9)3-2-6-4-8(6)9/h3,6,8H,2,4-5H2,1H3. The molecular formula is C9H12. The minimum atomic E-state index is 0.739. The number of hydrogen-bond acceptors (Lipinski definition) is 0. The molecule has 0 amide bonds. The SMILES string of the molecule is CC12CC1=CCC1CC12. The van der Waals surface area contributed by atoms with Crippen LogP contribution in [0.3, 0.4) is 0 Å². The summed E-state index contributed by atoms with van der Waals surface area (Å²) in [6.07, 6.45) is 6.88. The predicted octanol–water partition coefficient (Wildman–Crippen LogP) is 2.36. The Morgan fingerprint density at radius 2 is 2.56 bits per heavy atom. The third kappa shape index (κ3) is 0.385. The van der Waals surface area contributed by atoms with Crippen molar-refractivity contribution in [3.05, 3.63) is 11.6 Å². The highest BCUT2D eigenvalue weighted by atomic mass is 14.7. The Balaban J connectivity index is 2.08. The summed E-state index contributed by atoms with van der Waals surface area (Å²) in [5.41, 5.74) is 2.52. The van der Waals surface area contributed by atoms with Gasteiger partial charge in [-0.25, -0.2) is 0 Å². The molecule has 0 aromatic heterocycles. The first-order valence-electron chi connectivity index (χ1n) is 4.00. The van der Waals surface area contributed by atoms with Gasteiger partial charge in [-0.3, -0.25) is 0 Å². The van der Waals surface area contributed by atoms with Crippen molar-refractivity contribution in [1.82, 2.24) is 0 Å². The van der Waals surface area contributed by atoms with Gasteiger partial charge in [0.05, 0.1) is 0 Å². The average Bonchev–Trinajstić information content (AvgIpc) is 2.52. The molecule has 3 aliphatic carbocycles. The lowest BCUT2D eigenvalue weighted by Gasteiger charge is -2.09. The van der Waals surface area contributed by atoms with Crippen LogP contribution in [0, 0.1) is 17.3 Å². The molecule has 0 aromatic carbocycles. The molecule has 9 heavy (non-hydrogen) atoms. The lowest BCUT2D eigenvalue weighted by atomic mass is 9.95. The van der Waals surface area contributed by atoms with Crippen LogP contribution >= 0.6 is 0 Å². The molecule has 3 atom stereocenters. The van der Waals surface area contributed by atoms with E-state index in [0.29, 0.717) is 0 Å². The Morgan fingerprint density at radius 3 is 3.33 bits per heavy atom. The molecule has 2 fully saturated rings. The largest absolute Gasteiger partial charge is 0.0844 e.